The number of halogens is 2. The Morgan fingerprint density at radius 2 is 2.08 bits per heavy atom. The normalized spacial score (nSPS) is 17.0. The van der Waals surface area contributed by atoms with E-state index < -0.39 is 5.92 Å². The van der Waals surface area contributed by atoms with Crippen LogP contribution in [-0.4, -0.2) is 33.0 Å². The number of fused-ring (bicyclic) bond motifs is 1. The molecule has 0 radical (unpaired) electrons. The Bertz CT molecular complexity index is 758. The predicted octanol–water partition coefficient (Wildman–Crippen LogP) is 4.05. The van der Waals surface area contributed by atoms with E-state index in [1.165, 1.54) is 0 Å². The van der Waals surface area contributed by atoms with Crippen molar-refractivity contribution in [3.05, 3.63) is 23.8 Å². The number of hydrogen-bond donors (Lipinski definition) is 3. The lowest BCUT2D eigenvalue weighted by molar-refractivity contribution is -0.0337. The first kappa shape index (κ1) is 19.9. The summed E-state index contributed by atoms with van der Waals surface area (Å²) < 4.78 is 24.4. The topological polar surface area (TPSA) is 104 Å². The fraction of sp³-hybridized carbons (Fsp3) is 0.556. The van der Waals surface area contributed by atoms with Crippen LogP contribution in [0, 0.1) is 11.3 Å². The number of nitrogens with zero attached hydrogens (tertiary/aromatic N) is 3. The molecule has 0 unspecified atom stereocenters. The van der Waals surface area contributed by atoms with Crippen LogP contribution in [0.15, 0.2) is 17.3 Å². The molecule has 8 heteroatoms. The average Bonchev–Trinajstić information content (AvgIpc) is 2.95. The van der Waals surface area contributed by atoms with Crippen LogP contribution in [0.25, 0.3) is 11.0 Å². The van der Waals surface area contributed by atoms with Gasteiger partial charge in [-0.05, 0) is 24.8 Å². The molecule has 1 aliphatic carbocycles. The number of aromatic nitrogens is 3. The summed E-state index contributed by atoms with van der Waals surface area (Å²) in [4.78, 5) is 15.6. The summed E-state index contributed by atoms with van der Waals surface area (Å²) in [6, 6.07) is 1.78. The molecule has 26 heavy (non-hydrogen) atoms. The van der Waals surface area contributed by atoms with E-state index in [0.717, 1.165) is 36.0 Å². The summed E-state index contributed by atoms with van der Waals surface area (Å²) in [7, 11) is 0. The zero-order valence-electron chi connectivity index (χ0n) is 15.2. The van der Waals surface area contributed by atoms with Gasteiger partial charge in [0.15, 0.2) is 5.84 Å². The van der Waals surface area contributed by atoms with Crippen LogP contribution in [-0.2, 0) is 6.42 Å². The van der Waals surface area contributed by atoms with E-state index in [1.54, 1.807) is 12.3 Å². The van der Waals surface area contributed by atoms with Crippen molar-refractivity contribution in [1.82, 2.24) is 15.0 Å². The van der Waals surface area contributed by atoms with Crippen LogP contribution in [0.1, 0.15) is 57.5 Å². The number of alkyl halides is 2. The Morgan fingerprint density at radius 1 is 1.38 bits per heavy atom. The van der Waals surface area contributed by atoms with Crippen molar-refractivity contribution in [3.63, 3.8) is 0 Å². The van der Waals surface area contributed by atoms with Gasteiger partial charge in [-0.15, -0.1) is 0 Å². The lowest BCUT2D eigenvalue weighted by Crippen LogP contribution is -2.18. The molecule has 1 aliphatic rings. The minimum atomic E-state index is -2.32. The lowest BCUT2D eigenvalue weighted by Gasteiger charge is -2.20. The number of nitrogens with one attached hydrogen (secondary N) is 2. The van der Waals surface area contributed by atoms with Crippen molar-refractivity contribution in [2.24, 2.45) is 16.6 Å². The van der Waals surface area contributed by atoms with Crippen LogP contribution in [0.2, 0.25) is 0 Å². The summed E-state index contributed by atoms with van der Waals surface area (Å²) in [5.74, 6) is -0.609. The molecule has 0 amide bonds. The lowest BCUT2D eigenvalue weighted by atomic mass is 9.97. The molecule has 2 aromatic heterocycles. The van der Waals surface area contributed by atoms with E-state index in [2.05, 4.69) is 33.8 Å². The molecule has 2 heterocycles. The molecule has 4 N–H and O–H groups in total. The molecule has 0 bridgehead atoms. The third kappa shape index (κ3) is 5.86. The van der Waals surface area contributed by atoms with E-state index in [4.69, 9.17) is 11.1 Å². The largest absolute Gasteiger partial charge is 0.382 e. The van der Waals surface area contributed by atoms with Crippen LogP contribution in [0.5, 0.6) is 0 Å². The van der Waals surface area contributed by atoms with Crippen LogP contribution in [0.4, 0.5) is 8.78 Å². The number of rotatable bonds is 4. The molecule has 0 aromatic carbocycles. The van der Waals surface area contributed by atoms with Crippen molar-refractivity contribution < 1.29 is 8.78 Å². The summed E-state index contributed by atoms with van der Waals surface area (Å²) in [6.45, 7) is 4.29. The van der Waals surface area contributed by atoms with Gasteiger partial charge in [-0.3, -0.25) is 10.4 Å². The Balaban J connectivity index is 0.000000254. The van der Waals surface area contributed by atoms with Gasteiger partial charge in [0.2, 0.25) is 5.92 Å². The molecule has 1 saturated carbocycles. The molecular weight excluding hydrogens is 338 g/mol. The van der Waals surface area contributed by atoms with Crippen LogP contribution < -0.4 is 5.73 Å². The Labute approximate surface area is 151 Å². The van der Waals surface area contributed by atoms with Crippen LogP contribution in [0.3, 0.4) is 0 Å². The molecule has 0 atom stereocenters. The maximum Gasteiger partial charge on any atom is 0.248 e. The van der Waals surface area contributed by atoms with Gasteiger partial charge in [0, 0.05) is 19.3 Å². The van der Waals surface area contributed by atoms with E-state index >= 15 is 0 Å². The Hall–Kier alpha value is -2.38. The first-order chi connectivity index (χ1) is 12.3. The number of H-pyrrole nitrogens is 1. The number of nitrogens with two attached hydrogens (primary N) is 1. The van der Waals surface area contributed by atoms with Gasteiger partial charge in [0.05, 0.1) is 17.2 Å². The predicted molar refractivity (Wildman–Crippen MR) is 100.0 cm³/mol. The smallest absolute Gasteiger partial charge is 0.248 e. The summed E-state index contributed by atoms with van der Waals surface area (Å²) in [5.41, 5.74) is 7.92. The highest BCUT2D eigenvalue weighted by Gasteiger charge is 2.30. The number of aromatic amines is 1. The minimum absolute atomic E-state index is 0.118. The van der Waals surface area contributed by atoms with E-state index in [0.29, 0.717) is 24.5 Å². The monoisotopic (exact) mass is 364 g/mol. The zero-order valence-corrected chi connectivity index (χ0v) is 15.2. The van der Waals surface area contributed by atoms with Crippen molar-refractivity contribution in [3.8, 4) is 0 Å². The minimum Gasteiger partial charge on any atom is -0.382 e. The van der Waals surface area contributed by atoms with Crippen molar-refractivity contribution in [2.75, 3.05) is 0 Å². The fourth-order valence-electron chi connectivity index (χ4n) is 2.79. The third-order valence-corrected chi connectivity index (χ3v) is 4.07. The molecule has 142 valence electrons. The molecule has 2 aromatic rings. The first-order valence-corrected chi connectivity index (χ1v) is 8.86. The Kier molecular flexibility index (Phi) is 6.76. The fourth-order valence-corrected chi connectivity index (χ4v) is 2.79. The SMILES string of the molecule is CC(C)Cc1nc2cc(C(N)=NC=N)ncc2[nH]1.FC1(F)CCCCC1. The van der Waals surface area contributed by atoms with Crippen LogP contribution >= 0.6 is 0 Å². The number of hydrogen-bond acceptors (Lipinski definition) is 3. The van der Waals surface area contributed by atoms with Gasteiger partial charge in [0.1, 0.15) is 17.9 Å². The highest BCUT2D eigenvalue weighted by atomic mass is 19.3. The van der Waals surface area contributed by atoms with Gasteiger partial charge >= 0.3 is 0 Å². The molecule has 0 aliphatic heterocycles. The van der Waals surface area contributed by atoms with E-state index in [9.17, 15) is 8.78 Å². The van der Waals surface area contributed by atoms with Gasteiger partial charge < -0.3 is 10.7 Å². The molecule has 3 rings (SSSR count). The van der Waals surface area contributed by atoms with E-state index in [-0.39, 0.29) is 18.7 Å². The molecule has 1 fully saturated rings. The molecule has 0 saturated heterocycles. The number of amidine groups is 1. The second-order valence-corrected chi connectivity index (χ2v) is 6.93. The average molecular weight is 364 g/mol. The highest BCUT2D eigenvalue weighted by molar-refractivity contribution is 6.01. The van der Waals surface area contributed by atoms with Gasteiger partial charge in [0.25, 0.3) is 0 Å². The van der Waals surface area contributed by atoms with Gasteiger partial charge in [-0.1, -0.05) is 20.3 Å². The second kappa shape index (κ2) is 8.82. The Morgan fingerprint density at radius 3 is 2.62 bits per heavy atom. The number of pyridine rings is 1. The maximum atomic E-state index is 12.2. The van der Waals surface area contributed by atoms with Crippen molar-refractivity contribution in [1.29, 1.82) is 5.41 Å². The molecule has 0 spiro atoms. The molecular formula is C18H26F2N6. The molecule has 6 nitrogen and oxygen atoms in total. The maximum absolute atomic E-state index is 12.2. The summed E-state index contributed by atoms with van der Waals surface area (Å²) >= 11 is 0. The summed E-state index contributed by atoms with van der Waals surface area (Å²) in [6.07, 6.45) is 6.15. The standard InChI is InChI=1S/C12H16N6.C6H10F2/c1-7(2)3-11-17-8-4-9(12(14)16-6-13)15-5-10(8)18-11;7-6(8)4-2-1-3-5-6/h4-7H,3H2,1-2H3,(H,17,18)(H3,13,14,16);1-5H2. The van der Waals surface area contributed by atoms with Gasteiger partial charge in [-0.2, -0.15) is 0 Å². The van der Waals surface area contributed by atoms with Gasteiger partial charge in [-0.25, -0.2) is 18.8 Å². The number of imidazole rings is 1. The quantitative estimate of drug-likeness (QED) is 0.563. The van der Waals surface area contributed by atoms with E-state index in [1.807, 2.05) is 0 Å². The first-order valence-electron chi connectivity index (χ1n) is 8.86. The number of aliphatic imine (C=N–C) groups is 1. The van der Waals surface area contributed by atoms with Crippen molar-refractivity contribution in [2.45, 2.75) is 58.3 Å². The second-order valence-electron chi connectivity index (χ2n) is 6.93. The summed E-state index contributed by atoms with van der Waals surface area (Å²) in [5, 5.41) is 6.88. The highest BCUT2D eigenvalue weighted by Crippen LogP contribution is 2.32. The zero-order chi connectivity index (χ0) is 19.2. The third-order valence-electron chi connectivity index (χ3n) is 4.07. The van der Waals surface area contributed by atoms with Crippen molar-refractivity contribution >= 4 is 23.2 Å².